The van der Waals surface area contributed by atoms with Crippen molar-refractivity contribution in [1.82, 2.24) is 10.2 Å². The van der Waals surface area contributed by atoms with Gasteiger partial charge < -0.3 is 20.7 Å². The normalized spacial score (nSPS) is 17.7. The Balaban J connectivity index is 2.02. The van der Waals surface area contributed by atoms with Gasteiger partial charge >= 0.3 is 6.03 Å². The van der Waals surface area contributed by atoms with E-state index in [1.165, 1.54) is 0 Å². The third-order valence-electron chi connectivity index (χ3n) is 3.01. The maximum absolute atomic E-state index is 10.9. The quantitative estimate of drug-likeness (QED) is 0.653. The van der Waals surface area contributed by atoms with Gasteiger partial charge in [-0.05, 0) is 32.2 Å². The van der Waals surface area contributed by atoms with Gasteiger partial charge in [0, 0.05) is 32.8 Å². The zero-order valence-electron chi connectivity index (χ0n) is 10.1. The van der Waals surface area contributed by atoms with Gasteiger partial charge in [0.15, 0.2) is 0 Å². The van der Waals surface area contributed by atoms with E-state index in [-0.39, 0.29) is 6.03 Å². The summed E-state index contributed by atoms with van der Waals surface area (Å²) < 4.78 is 4.99. The molecular formula is C11H23N3O2. The zero-order chi connectivity index (χ0) is 11.8. The summed E-state index contributed by atoms with van der Waals surface area (Å²) in [6.45, 7) is 3.43. The highest BCUT2D eigenvalue weighted by Gasteiger charge is 2.20. The highest BCUT2D eigenvalue weighted by atomic mass is 16.5. The summed E-state index contributed by atoms with van der Waals surface area (Å²) in [6.07, 6.45) is 4.26. The van der Waals surface area contributed by atoms with Crippen LogP contribution in [0, 0.1) is 0 Å². The molecule has 2 amide bonds. The number of likely N-dealkylation sites (tertiary alicyclic amines) is 1. The molecule has 1 aliphatic heterocycles. The summed E-state index contributed by atoms with van der Waals surface area (Å²) in [5.74, 6) is 0. The van der Waals surface area contributed by atoms with Crippen molar-refractivity contribution in [3.63, 3.8) is 0 Å². The Hall–Kier alpha value is -0.810. The number of nitrogens with zero attached hydrogens (tertiary/aromatic N) is 1. The van der Waals surface area contributed by atoms with Crippen molar-refractivity contribution in [1.29, 1.82) is 0 Å². The average Bonchev–Trinajstić information content (AvgIpc) is 2.29. The van der Waals surface area contributed by atoms with Crippen LogP contribution in [0.1, 0.15) is 25.7 Å². The van der Waals surface area contributed by atoms with Crippen molar-refractivity contribution in [2.24, 2.45) is 5.73 Å². The molecule has 0 aliphatic carbocycles. The molecular weight excluding hydrogens is 206 g/mol. The number of methoxy groups -OCH3 is 1. The van der Waals surface area contributed by atoms with Crippen molar-refractivity contribution >= 4 is 6.03 Å². The molecule has 0 aromatic rings. The highest BCUT2D eigenvalue weighted by molar-refractivity contribution is 5.72. The Morgan fingerprint density at radius 3 is 2.69 bits per heavy atom. The predicted octanol–water partition coefficient (Wildman–Crippen LogP) is 0.546. The van der Waals surface area contributed by atoms with Crippen LogP contribution in [0.15, 0.2) is 0 Å². The monoisotopic (exact) mass is 229 g/mol. The smallest absolute Gasteiger partial charge is 0.314 e. The predicted molar refractivity (Wildman–Crippen MR) is 63.3 cm³/mol. The minimum absolute atomic E-state index is 0.293. The van der Waals surface area contributed by atoms with E-state index in [0.29, 0.717) is 6.04 Å². The number of nitrogens with one attached hydrogen (secondary N) is 1. The van der Waals surface area contributed by atoms with Gasteiger partial charge in [-0.2, -0.15) is 0 Å². The Kier molecular flexibility index (Phi) is 6.18. The molecule has 0 unspecified atom stereocenters. The number of unbranched alkanes of at least 4 members (excludes halogenated alkanes) is 1. The van der Waals surface area contributed by atoms with Crippen LogP contribution in [0.25, 0.3) is 0 Å². The second kappa shape index (κ2) is 7.46. The summed E-state index contributed by atoms with van der Waals surface area (Å²) in [4.78, 5) is 12.6. The van der Waals surface area contributed by atoms with Crippen LogP contribution in [0.4, 0.5) is 4.79 Å². The molecule has 3 N–H and O–H groups in total. The van der Waals surface area contributed by atoms with Gasteiger partial charge in [-0.25, -0.2) is 4.79 Å². The molecule has 0 bridgehead atoms. The van der Waals surface area contributed by atoms with Gasteiger partial charge in [-0.15, -0.1) is 0 Å². The summed E-state index contributed by atoms with van der Waals surface area (Å²) in [6, 6.07) is 0.247. The van der Waals surface area contributed by atoms with Crippen LogP contribution in [0.2, 0.25) is 0 Å². The maximum Gasteiger partial charge on any atom is 0.314 e. The lowest BCUT2D eigenvalue weighted by Gasteiger charge is -2.31. The first-order valence-corrected chi connectivity index (χ1v) is 6.00. The van der Waals surface area contributed by atoms with Crippen molar-refractivity contribution < 1.29 is 9.53 Å². The number of hydrogen-bond acceptors (Lipinski definition) is 3. The van der Waals surface area contributed by atoms with Crippen molar-refractivity contribution in [2.45, 2.75) is 31.7 Å². The van der Waals surface area contributed by atoms with Crippen LogP contribution in [-0.2, 0) is 4.74 Å². The molecule has 1 aliphatic rings. The summed E-state index contributed by atoms with van der Waals surface area (Å²) in [5.41, 5.74) is 5.22. The largest absolute Gasteiger partial charge is 0.385 e. The number of urea groups is 1. The minimum atomic E-state index is -0.293. The van der Waals surface area contributed by atoms with Crippen LogP contribution < -0.4 is 11.1 Å². The van der Waals surface area contributed by atoms with Crippen LogP contribution in [0.5, 0.6) is 0 Å². The molecule has 5 nitrogen and oxygen atoms in total. The molecule has 94 valence electrons. The molecule has 1 saturated heterocycles. The number of carbonyl (C=O) groups is 1. The van der Waals surface area contributed by atoms with Crippen LogP contribution >= 0.6 is 0 Å². The molecule has 5 heteroatoms. The zero-order valence-corrected chi connectivity index (χ0v) is 10.1. The number of amides is 2. The number of carbonyl (C=O) groups excluding carboxylic acids is 1. The van der Waals surface area contributed by atoms with Gasteiger partial charge in [-0.1, -0.05) is 0 Å². The second-order valence-corrected chi connectivity index (χ2v) is 4.25. The van der Waals surface area contributed by atoms with Gasteiger partial charge in [0.1, 0.15) is 0 Å². The Morgan fingerprint density at radius 1 is 1.44 bits per heavy atom. The fourth-order valence-corrected chi connectivity index (χ4v) is 1.98. The third-order valence-corrected chi connectivity index (χ3v) is 3.01. The maximum atomic E-state index is 10.9. The average molecular weight is 229 g/mol. The van der Waals surface area contributed by atoms with Crippen molar-refractivity contribution in [3.8, 4) is 0 Å². The van der Waals surface area contributed by atoms with E-state index in [0.717, 1.165) is 51.9 Å². The molecule has 0 atom stereocenters. The van der Waals surface area contributed by atoms with E-state index >= 15 is 0 Å². The van der Waals surface area contributed by atoms with Crippen molar-refractivity contribution in [2.75, 3.05) is 33.4 Å². The first kappa shape index (κ1) is 13.3. The highest BCUT2D eigenvalue weighted by Crippen LogP contribution is 2.09. The molecule has 0 saturated carbocycles. The standard InChI is InChI=1S/C11H23N3O2/c1-16-9-3-2-6-13-10-4-7-14(8-5-10)11(12)15/h10,13H,2-9H2,1H3,(H2,12,15). The summed E-state index contributed by atoms with van der Waals surface area (Å²) in [5, 5.41) is 3.51. The molecule has 0 radical (unpaired) electrons. The minimum Gasteiger partial charge on any atom is -0.385 e. The van der Waals surface area contributed by atoms with E-state index in [2.05, 4.69) is 5.32 Å². The first-order valence-electron chi connectivity index (χ1n) is 6.00. The number of piperidine rings is 1. The fourth-order valence-electron chi connectivity index (χ4n) is 1.98. The molecule has 1 rings (SSSR count). The van der Waals surface area contributed by atoms with E-state index in [9.17, 15) is 4.79 Å². The fraction of sp³-hybridized carbons (Fsp3) is 0.909. The molecule has 0 aromatic carbocycles. The lowest BCUT2D eigenvalue weighted by molar-refractivity contribution is 0.182. The Morgan fingerprint density at radius 2 is 2.12 bits per heavy atom. The first-order chi connectivity index (χ1) is 7.74. The topological polar surface area (TPSA) is 67.6 Å². The summed E-state index contributed by atoms with van der Waals surface area (Å²) >= 11 is 0. The number of ether oxygens (including phenoxy) is 1. The van der Waals surface area contributed by atoms with Gasteiger partial charge in [0.05, 0.1) is 0 Å². The summed E-state index contributed by atoms with van der Waals surface area (Å²) in [7, 11) is 1.73. The lowest BCUT2D eigenvalue weighted by atomic mass is 10.1. The molecule has 0 spiro atoms. The van der Waals surface area contributed by atoms with E-state index in [1.54, 1.807) is 12.0 Å². The van der Waals surface area contributed by atoms with E-state index in [1.807, 2.05) is 0 Å². The molecule has 1 heterocycles. The third kappa shape index (κ3) is 4.81. The second-order valence-electron chi connectivity index (χ2n) is 4.25. The molecule has 1 fully saturated rings. The lowest BCUT2D eigenvalue weighted by Crippen LogP contribution is -2.46. The van der Waals surface area contributed by atoms with Crippen molar-refractivity contribution in [3.05, 3.63) is 0 Å². The van der Waals surface area contributed by atoms with E-state index in [4.69, 9.17) is 10.5 Å². The van der Waals surface area contributed by atoms with Gasteiger partial charge in [-0.3, -0.25) is 0 Å². The SMILES string of the molecule is COCCCCNC1CCN(C(N)=O)CC1. The number of rotatable bonds is 6. The number of hydrogen-bond donors (Lipinski definition) is 2. The number of nitrogens with two attached hydrogens (primary N) is 1. The van der Waals surface area contributed by atoms with Crippen LogP contribution in [-0.4, -0.2) is 50.3 Å². The van der Waals surface area contributed by atoms with Gasteiger partial charge in [0.2, 0.25) is 0 Å². The van der Waals surface area contributed by atoms with E-state index < -0.39 is 0 Å². The molecule has 0 aromatic heterocycles. The van der Waals surface area contributed by atoms with Gasteiger partial charge in [0.25, 0.3) is 0 Å². The molecule has 16 heavy (non-hydrogen) atoms. The van der Waals surface area contributed by atoms with Crippen LogP contribution in [0.3, 0.4) is 0 Å². The Bertz CT molecular complexity index is 203. The number of primary amides is 1. The Labute approximate surface area is 97.3 Å².